The van der Waals surface area contributed by atoms with Crippen molar-refractivity contribution in [2.45, 2.75) is 0 Å². The molecule has 2 aromatic heterocycles. The molecule has 5 rings (SSSR count). The Balaban J connectivity index is 0.00000218. The van der Waals surface area contributed by atoms with Crippen LogP contribution in [0.25, 0.3) is 22.3 Å². The summed E-state index contributed by atoms with van der Waals surface area (Å²) >= 11 is 0. The van der Waals surface area contributed by atoms with Crippen molar-refractivity contribution in [2.75, 3.05) is 0 Å². The van der Waals surface area contributed by atoms with E-state index in [4.69, 9.17) is 9.97 Å². The summed E-state index contributed by atoms with van der Waals surface area (Å²) in [6, 6.07) is 36.4. The van der Waals surface area contributed by atoms with Gasteiger partial charge >= 0.3 is 19.8 Å². The van der Waals surface area contributed by atoms with E-state index in [9.17, 15) is 0 Å². The minimum atomic E-state index is -1.32. The summed E-state index contributed by atoms with van der Waals surface area (Å²) in [5.41, 5.74) is 4.59. The molecule has 5 heteroatoms. The van der Waals surface area contributed by atoms with Crippen LogP contribution in [-0.4, -0.2) is 15.0 Å². The van der Waals surface area contributed by atoms with Crippen LogP contribution >= 0.6 is 7.92 Å². The van der Waals surface area contributed by atoms with Gasteiger partial charge < -0.3 is 0 Å². The third-order valence-electron chi connectivity index (χ3n) is 4.83. The van der Waals surface area contributed by atoms with Gasteiger partial charge in [-0.15, -0.1) is 35.9 Å². The molecule has 0 aliphatic carbocycles. The molecule has 0 aliphatic rings. The summed E-state index contributed by atoms with van der Waals surface area (Å²) < 4.78 is 0. The average Bonchev–Trinajstić information content (AvgIpc) is 2.81. The summed E-state index contributed by atoms with van der Waals surface area (Å²) in [5.74, 6) is 0. The Hall–Kier alpha value is -2.78. The summed E-state index contributed by atoms with van der Waals surface area (Å²) in [7, 11) is -1.32. The molecule has 2 heterocycles. The van der Waals surface area contributed by atoms with E-state index in [0.717, 1.165) is 27.7 Å². The van der Waals surface area contributed by atoms with Crippen molar-refractivity contribution in [3.05, 3.63) is 109 Å². The predicted octanol–water partition coefficient (Wildman–Crippen LogP) is 3.98. The summed E-state index contributed by atoms with van der Waals surface area (Å²) in [6.45, 7) is 0. The van der Waals surface area contributed by atoms with Gasteiger partial charge in [-0.2, -0.15) is 4.98 Å². The van der Waals surface area contributed by atoms with Crippen molar-refractivity contribution in [1.82, 2.24) is 15.0 Å². The minimum Gasteiger partial charge on any atom is -0.289 e. The van der Waals surface area contributed by atoms with Crippen molar-refractivity contribution < 1.29 is 19.8 Å². The molecule has 0 saturated carbocycles. The van der Waals surface area contributed by atoms with Crippen molar-refractivity contribution in [2.24, 2.45) is 0 Å². The van der Waals surface area contributed by atoms with E-state index in [-0.39, 0.29) is 19.8 Å². The van der Waals surface area contributed by atoms with Crippen LogP contribution in [-0.2, 0) is 19.8 Å². The summed E-state index contributed by atoms with van der Waals surface area (Å²) in [5, 5.41) is 2.56. The van der Waals surface area contributed by atoms with Crippen LogP contribution in [0.3, 0.4) is 0 Å². The fourth-order valence-corrected chi connectivity index (χ4v) is 6.01. The van der Waals surface area contributed by atoms with Crippen LogP contribution in [0.1, 0.15) is 0 Å². The molecule has 0 unspecified atom stereocenters. The third kappa shape index (κ3) is 4.08. The fourth-order valence-electron chi connectivity index (χ4n) is 3.48. The molecular weight excluding hydrogens is 564 g/mol. The van der Waals surface area contributed by atoms with Crippen molar-refractivity contribution >= 4 is 35.0 Å². The Morgan fingerprint density at radius 3 is 1.97 bits per heavy atom. The van der Waals surface area contributed by atoms with Gasteiger partial charge in [0.2, 0.25) is 5.44 Å². The van der Waals surface area contributed by atoms with Crippen LogP contribution < -0.4 is 16.0 Å². The minimum absolute atomic E-state index is 0. The first-order valence-electron chi connectivity index (χ1n) is 9.47. The molecule has 5 aromatic rings. The average molecular weight is 582 g/mol. The number of hydrogen-bond donors (Lipinski definition) is 0. The molecule has 0 N–H and O–H groups in total. The first-order valence-corrected chi connectivity index (χ1v) is 11.0. The molecule has 0 aliphatic heterocycles. The second-order valence-corrected chi connectivity index (χ2v) is 9.05. The van der Waals surface area contributed by atoms with Crippen molar-refractivity contribution in [1.29, 1.82) is 0 Å². The molecule has 0 fully saturated rings. The van der Waals surface area contributed by atoms with E-state index in [1.54, 1.807) is 6.33 Å². The first kappa shape index (κ1) is 20.5. The fraction of sp³-hybridized carbons (Fsp3) is 0. The number of hydrogen-bond acceptors (Lipinski definition) is 3. The molecule has 3 aromatic carbocycles. The molecular formula is C25H18N3OsP+. The van der Waals surface area contributed by atoms with E-state index in [1.165, 1.54) is 10.6 Å². The van der Waals surface area contributed by atoms with E-state index in [1.807, 2.05) is 48.5 Å². The molecule has 0 bridgehead atoms. The smallest absolute Gasteiger partial charge is 0.289 e. The predicted molar refractivity (Wildman–Crippen MR) is 122 cm³/mol. The van der Waals surface area contributed by atoms with Crippen molar-refractivity contribution in [3.8, 4) is 11.3 Å². The number of fused-ring (bicyclic) bond motifs is 1. The monoisotopic (exact) mass is 583 g/mol. The van der Waals surface area contributed by atoms with E-state index in [2.05, 4.69) is 59.6 Å². The number of rotatable bonds is 4. The zero-order chi connectivity index (χ0) is 19.5. The second-order valence-electron chi connectivity index (χ2n) is 6.67. The van der Waals surface area contributed by atoms with E-state index < -0.39 is 7.92 Å². The zero-order valence-electron chi connectivity index (χ0n) is 16.0. The SMILES string of the molecule is [Os+].[c-]1ccccc1-c1ccc2ncnc([PH+](c3ccccc3)c3ccccc3)c2n1. The number of nitrogens with zero attached hydrogens (tertiary/aromatic N) is 3. The number of pyridine rings is 1. The van der Waals surface area contributed by atoms with Gasteiger partial charge in [0, 0.05) is 0 Å². The van der Waals surface area contributed by atoms with Crippen LogP contribution in [0, 0.1) is 6.07 Å². The Bertz CT molecular complexity index is 1210. The van der Waals surface area contributed by atoms with Gasteiger partial charge in [-0.3, -0.25) is 4.98 Å². The molecule has 0 spiro atoms. The van der Waals surface area contributed by atoms with Crippen LogP contribution in [0.4, 0.5) is 0 Å². The normalized spacial score (nSPS) is 10.7. The zero-order valence-corrected chi connectivity index (χ0v) is 19.6. The summed E-state index contributed by atoms with van der Waals surface area (Å²) in [4.78, 5) is 14.2. The van der Waals surface area contributed by atoms with Gasteiger partial charge in [0.25, 0.3) is 0 Å². The summed E-state index contributed by atoms with van der Waals surface area (Å²) in [6.07, 6.45) is 1.66. The molecule has 0 saturated heterocycles. The molecule has 1 radical (unpaired) electrons. The van der Waals surface area contributed by atoms with Gasteiger partial charge in [0.15, 0.2) is 0 Å². The number of aromatic nitrogens is 3. The van der Waals surface area contributed by atoms with Crippen molar-refractivity contribution in [3.63, 3.8) is 0 Å². The Kier molecular flexibility index (Phi) is 6.39. The molecule has 0 atom stereocenters. The van der Waals surface area contributed by atoms with Crippen LogP contribution in [0.2, 0.25) is 0 Å². The first-order chi connectivity index (χ1) is 14.4. The van der Waals surface area contributed by atoms with Crippen LogP contribution in [0.15, 0.2) is 103 Å². The van der Waals surface area contributed by atoms with Gasteiger partial charge in [-0.1, -0.05) is 42.5 Å². The molecule has 145 valence electrons. The Labute approximate surface area is 190 Å². The van der Waals surface area contributed by atoms with Gasteiger partial charge in [0.1, 0.15) is 30.4 Å². The van der Waals surface area contributed by atoms with E-state index in [0.29, 0.717) is 0 Å². The number of benzene rings is 3. The van der Waals surface area contributed by atoms with Gasteiger partial charge in [0.05, 0.1) is 5.52 Å². The maximum Gasteiger partial charge on any atom is 1.00 e. The standard InChI is InChI=1S/C25H17N3P.Os/c1-4-10-19(11-5-1)22-16-17-23-24(28-22)25(27-18-26-23)29(20-12-6-2-7-13-20)21-14-8-3-9-15-21;/h1-10,12-18H;/q-1;+1/p+1. The molecule has 3 nitrogen and oxygen atoms in total. The van der Waals surface area contributed by atoms with Gasteiger partial charge in [-0.05, 0) is 36.0 Å². The third-order valence-corrected chi connectivity index (χ3v) is 7.49. The Morgan fingerprint density at radius 2 is 1.33 bits per heavy atom. The topological polar surface area (TPSA) is 38.7 Å². The largest absolute Gasteiger partial charge is 1.00 e. The quantitative estimate of drug-likeness (QED) is 0.238. The maximum atomic E-state index is 4.99. The van der Waals surface area contributed by atoms with E-state index >= 15 is 0 Å². The Morgan fingerprint density at radius 1 is 0.667 bits per heavy atom. The molecule has 30 heavy (non-hydrogen) atoms. The van der Waals surface area contributed by atoms with Gasteiger partial charge in [-0.25, -0.2) is 4.98 Å². The maximum absolute atomic E-state index is 4.99. The van der Waals surface area contributed by atoms with Crippen LogP contribution in [0.5, 0.6) is 0 Å². The molecule has 0 amide bonds. The second kappa shape index (κ2) is 9.35.